The first kappa shape index (κ1) is 20.0. The molecular weight excluding hydrogens is 402 g/mol. The van der Waals surface area contributed by atoms with Gasteiger partial charge in [-0.2, -0.15) is 4.98 Å². The van der Waals surface area contributed by atoms with E-state index < -0.39 is 0 Å². The lowest BCUT2D eigenvalue weighted by Crippen LogP contribution is -2.12. The third kappa shape index (κ3) is 5.86. The number of nitrogens with zero attached hydrogens (tertiary/aromatic N) is 4. The van der Waals surface area contributed by atoms with Crippen LogP contribution in [-0.2, 0) is 20.7 Å². The lowest BCUT2D eigenvalue weighted by Gasteiger charge is -1.99. The van der Waals surface area contributed by atoms with Crippen LogP contribution in [-0.4, -0.2) is 44.6 Å². The molecule has 0 unspecified atom stereocenters. The van der Waals surface area contributed by atoms with Crippen LogP contribution in [0.25, 0.3) is 11.4 Å². The molecule has 11 heteroatoms. The van der Waals surface area contributed by atoms with Gasteiger partial charge >= 0.3 is 5.97 Å². The number of aryl methyl sites for hydroxylation is 1. The van der Waals surface area contributed by atoms with Crippen molar-refractivity contribution in [3.63, 3.8) is 0 Å². The summed E-state index contributed by atoms with van der Waals surface area (Å²) in [6.07, 6.45) is 0.482. The molecule has 2 aromatic heterocycles. The third-order valence-electron chi connectivity index (χ3n) is 3.34. The predicted octanol–water partition coefficient (Wildman–Crippen LogP) is 2.81. The lowest BCUT2D eigenvalue weighted by molar-refractivity contribution is -0.139. The Morgan fingerprint density at radius 1 is 1.25 bits per heavy atom. The Kier molecular flexibility index (Phi) is 7.09. The van der Waals surface area contributed by atoms with Gasteiger partial charge in [0.15, 0.2) is 4.34 Å². The Bertz CT molecular complexity index is 929. The molecule has 2 heterocycles. The van der Waals surface area contributed by atoms with Gasteiger partial charge < -0.3 is 14.6 Å². The van der Waals surface area contributed by atoms with E-state index >= 15 is 0 Å². The number of rotatable bonds is 9. The molecule has 1 amide bonds. The number of benzene rings is 1. The Hall–Kier alpha value is -2.79. The van der Waals surface area contributed by atoms with Crippen molar-refractivity contribution in [1.82, 2.24) is 20.3 Å². The summed E-state index contributed by atoms with van der Waals surface area (Å²) < 4.78 is 10.6. The SMILES string of the molecule is CCOC(=O)CSc1nnc(NC(=O)CCc2nc(-c3ccccc3)no2)s1. The van der Waals surface area contributed by atoms with E-state index in [1.165, 1.54) is 23.1 Å². The lowest BCUT2D eigenvalue weighted by atomic mass is 10.2. The van der Waals surface area contributed by atoms with Crippen molar-refractivity contribution < 1.29 is 18.8 Å². The second-order valence-corrected chi connectivity index (χ2v) is 7.59. The number of carbonyl (C=O) groups excluding carboxylic acids is 2. The number of hydrogen-bond acceptors (Lipinski definition) is 10. The Morgan fingerprint density at radius 2 is 2.07 bits per heavy atom. The topological polar surface area (TPSA) is 120 Å². The molecule has 1 N–H and O–H groups in total. The Balaban J connectivity index is 1.45. The first-order valence-corrected chi connectivity index (χ1v) is 10.2. The summed E-state index contributed by atoms with van der Waals surface area (Å²) in [6, 6.07) is 9.45. The standard InChI is InChI=1S/C17H17N5O4S2/c1-2-25-14(24)10-27-17-21-20-16(28-17)18-12(23)8-9-13-19-15(22-26-13)11-6-4-3-5-7-11/h3-7H,2,8-10H2,1H3,(H,18,20,23). The van der Waals surface area contributed by atoms with Gasteiger partial charge in [0.25, 0.3) is 0 Å². The number of amides is 1. The van der Waals surface area contributed by atoms with E-state index in [0.29, 0.717) is 34.2 Å². The number of nitrogens with one attached hydrogen (secondary N) is 1. The number of esters is 1. The quantitative estimate of drug-likeness (QED) is 0.317. The summed E-state index contributed by atoms with van der Waals surface area (Å²) in [6.45, 7) is 2.08. The number of ether oxygens (including phenoxy) is 1. The molecule has 0 saturated heterocycles. The molecule has 28 heavy (non-hydrogen) atoms. The zero-order chi connectivity index (χ0) is 19.8. The van der Waals surface area contributed by atoms with Gasteiger partial charge in [0.1, 0.15) is 0 Å². The minimum Gasteiger partial charge on any atom is -0.465 e. The maximum absolute atomic E-state index is 12.1. The molecule has 0 fully saturated rings. The summed E-state index contributed by atoms with van der Waals surface area (Å²) in [5, 5.41) is 14.8. The van der Waals surface area contributed by atoms with Crippen molar-refractivity contribution in [1.29, 1.82) is 0 Å². The van der Waals surface area contributed by atoms with Crippen LogP contribution < -0.4 is 5.32 Å². The normalized spacial score (nSPS) is 10.6. The molecule has 0 saturated carbocycles. The fraction of sp³-hybridized carbons (Fsp3) is 0.294. The van der Waals surface area contributed by atoms with Crippen LogP contribution in [0.5, 0.6) is 0 Å². The zero-order valence-electron chi connectivity index (χ0n) is 15.0. The van der Waals surface area contributed by atoms with Crippen LogP contribution in [0, 0.1) is 0 Å². The number of hydrogen-bond donors (Lipinski definition) is 1. The second kappa shape index (κ2) is 9.95. The van der Waals surface area contributed by atoms with Crippen molar-refractivity contribution in [2.45, 2.75) is 24.1 Å². The maximum Gasteiger partial charge on any atom is 0.316 e. The van der Waals surface area contributed by atoms with E-state index in [2.05, 4.69) is 25.7 Å². The van der Waals surface area contributed by atoms with Crippen LogP contribution in [0.3, 0.4) is 0 Å². The van der Waals surface area contributed by atoms with Gasteiger partial charge in [-0.05, 0) is 6.92 Å². The average Bonchev–Trinajstić information content (AvgIpc) is 3.35. The average molecular weight is 419 g/mol. The predicted molar refractivity (Wildman–Crippen MR) is 104 cm³/mol. The third-order valence-corrected chi connectivity index (χ3v) is 5.28. The van der Waals surface area contributed by atoms with Crippen molar-refractivity contribution in [3.8, 4) is 11.4 Å². The fourth-order valence-electron chi connectivity index (χ4n) is 2.11. The monoisotopic (exact) mass is 419 g/mol. The molecule has 146 valence electrons. The number of carbonyl (C=O) groups is 2. The highest BCUT2D eigenvalue weighted by molar-refractivity contribution is 8.01. The molecule has 0 aliphatic heterocycles. The molecular formula is C17H17N5O4S2. The van der Waals surface area contributed by atoms with Gasteiger partial charge in [-0.3, -0.25) is 9.59 Å². The fourth-order valence-corrected chi connectivity index (χ4v) is 3.67. The zero-order valence-corrected chi connectivity index (χ0v) is 16.6. The van der Waals surface area contributed by atoms with Gasteiger partial charge in [0, 0.05) is 18.4 Å². The molecule has 0 radical (unpaired) electrons. The van der Waals surface area contributed by atoms with E-state index in [9.17, 15) is 9.59 Å². The minimum absolute atomic E-state index is 0.150. The molecule has 9 nitrogen and oxygen atoms in total. The molecule has 0 bridgehead atoms. The first-order chi connectivity index (χ1) is 13.6. The largest absolute Gasteiger partial charge is 0.465 e. The van der Waals surface area contributed by atoms with Crippen LogP contribution >= 0.6 is 23.1 Å². The summed E-state index contributed by atoms with van der Waals surface area (Å²) >= 11 is 2.41. The number of aromatic nitrogens is 4. The highest BCUT2D eigenvalue weighted by atomic mass is 32.2. The van der Waals surface area contributed by atoms with E-state index in [1.54, 1.807) is 6.92 Å². The minimum atomic E-state index is -0.317. The molecule has 1 aromatic carbocycles. The van der Waals surface area contributed by atoms with Gasteiger partial charge in [-0.15, -0.1) is 10.2 Å². The maximum atomic E-state index is 12.1. The van der Waals surface area contributed by atoms with Gasteiger partial charge in [0.05, 0.1) is 12.4 Å². The smallest absolute Gasteiger partial charge is 0.316 e. The molecule has 0 spiro atoms. The van der Waals surface area contributed by atoms with E-state index in [4.69, 9.17) is 9.26 Å². The van der Waals surface area contributed by atoms with Gasteiger partial charge in [-0.25, -0.2) is 0 Å². The van der Waals surface area contributed by atoms with Crippen LogP contribution in [0.15, 0.2) is 39.2 Å². The second-order valence-electron chi connectivity index (χ2n) is 5.39. The summed E-state index contributed by atoms with van der Waals surface area (Å²) in [5.74, 6) is 0.470. The molecule has 0 atom stereocenters. The van der Waals surface area contributed by atoms with Crippen LogP contribution in [0.2, 0.25) is 0 Å². The number of thioether (sulfide) groups is 1. The summed E-state index contributed by atoms with van der Waals surface area (Å²) in [5.41, 5.74) is 0.851. The van der Waals surface area contributed by atoms with Gasteiger partial charge in [0.2, 0.25) is 22.8 Å². The van der Waals surface area contributed by atoms with Crippen molar-refractivity contribution >= 4 is 40.1 Å². The Morgan fingerprint density at radius 3 is 2.86 bits per heavy atom. The van der Waals surface area contributed by atoms with Crippen molar-refractivity contribution in [3.05, 3.63) is 36.2 Å². The van der Waals surface area contributed by atoms with Crippen molar-refractivity contribution in [2.24, 2.45) is 0 Å². The highest BCUT2D eigenvalue weighted by Crippen LogP contribution is 2.25. The summed E-state index contributed by atoms with van der Waals surface area (Å²) in [7, 11) is 0. The van der Waals surface area contributed by atoms with E-state index in [0.717, 1.165) is 5.56 Å². The molecule has 3 rings (SSSR count). The molecule has 0 aliphatic carbocycles. The van der Waals surface area contributed by atoms with Crippen LogP contribution in [0.4, 0.5) is 5.13 Å². The van der Waals surface area contributed by atoms with Crippen molar-refractivity contribution in [2.75, 3.05) is 17.7 Å². The number of anilines is 1. The first-order valence-electron chi connectivity index (χ1n) is 8.44. The van der Waals surface area contributed by atoms with Crippen LogP contribution in [0.1, 0.15) is 19.2 Å². The van der Waals surface area contributed by atoms with E-state index in [-0.39, 0.29) is 24.1 Å². The highest BCUT2D eigenvalue weighted by Gasteiger charge is 2.13. The Labute approximate surface area is 168 Å². The summed E-state index contributed by atoms with van der Waals surface area (Å²) in [4.78, 5) is 27.7. The van der Waals surface area contributed by atoms with Gasteiger partial charge in [-0.1, -0.05) is 58.6 Å². The molecule has 3 aromatic rings. The molecule has 0 aliphatic rings. The van der Waals surface area contributed by atoms with E-state index in [1.807, 2.05) is 30.3 Å².